The lowest BCUT2D eigenvalue weighted by Crippen LogP contribution is -2.44. The molecule has 2 unspecified atom stereocenters. The Kier molecular flexibility index (Phi) is 3.77. The lowest BCUT2D eigenvalue weighted by atomic mass is 9.75. The summed E-state index contributed by atoms with van der Waals surface area (Å²) in [6.45, 7) is 2.20. The van der Waals surface area contributed by atoms with Gasteiger partial charge in [-0.25, -0.2) is 0 Å². The minimum absolute atomic E-state index is 0.113. The fourth-order valence-corrected chi connectivity index (χ4v) is 3.47. The van der Waals surface area contributed by atoms with Crippen LogP contribution in [0.25, 0.3) is 10.9 Å². The molecule has 1 aromatic carbocycles. The van der Waals surface area contributed by atoms with E-state index in [1.165, 1.54) is 6.42 Å². The van der Waals surface area contributed by atoms with E-state index in [0.29, 0.717) is 5.92 Å². The molecule has 0 N–H and O–H groups in total. The maximum atomic E-state index is 13.0. The van der Waals surface area contributed by atoms with Gasteiger partial charge in [0.1, 0.15) is 5.60 Å². The first kappa shape index (κ1) is 14.2. The maximum Gasteiger partial charge on any atom is 0.194 e. The van der Waals surface area contributed by atoms with Crippen molar-refractivity contribution >= 4 is 16.7 Å². The SMILES string of the molecule is COC1(C(=O)c2ccc3ncccc3c2)CCCC(C)C1. The Balaban J connectivity index is 1.98. The van der Waals surface area contributed by atoms with Gasteiger partial charge in [0, 0.05) is 24.3 Å². The lowest BCUT2D eigenvalue weighted by molar-refractivity contribution is -0.0302. The van der Waals surface area contributed by atoms with Crippen molar-refractivity contribution in [1.82, 2.24) is 4.98 Å². The van der Waals surface area contributed by atoms with Crippen LogP contribution < -0.4 is 0 Å². The smallest absolute Gasteiger partial charge is 0.194 e. The monoisotopic (exact) mass is 283 g/mol. The Labute approximate surface area is 125 Å². The van der Waals surface area contributed by atoms with Crippen LogP contribution in [0.4, 0.5) is 0 Å². The van der Waals surface area contributed by atoms with Gasteiger partial charge in [-0.05, 0) is 49.4 Å². The van der Waals surface area contributed by atoms with Crippen molar-refractivity contribution in [2.45, 2.75) is 38.2 Å². The minimum atomic E-state index is -0.645. The maximum absolute atomic E-state index is 13.0. The topological polar surface area (TPSA) is 39.2 Å². The van der Waals surface area contributed by atoms with Gasteiger partial charge in [-0.2, -0.15) is 0 Å². The largest absolute Gasteiger partial charge is 0.370 e. The van der Waals surface area contributed by atoms with Crippen molar-refractivity contribution in [3.8, 4) is 0 Å². The Morgan fingerprint density at radius 1 is 1.38 bits per heavy atom. The predicted molar refractivity (Wildman–Crippen MR) is 83.4 cm³/mol. The molecule has 1 saturated carbocycles. The minimum Gasteiger partial charge on any atom is -0.370 e. The van der Waals surface area contributed by atoms with Gasteiger partial charge in [-0.15, -0.1) is 0 Å². The summed E-state index contributed by atoms with van der Waals surface area (Å²) in [6.07, 6.45) is 5.63. The van der Waals surface area contributed by atoms with E-state index in [0.717, 1.165) is 35.7 Å². The third-order valence-electron chi connectivity index (χ3n) is 4.63. The molecule has 21 heavy (non-hydrogen) atoms. The first-order valence-electron chi connectivity index (χ1n) is 7.59. The number of hydrogen-bond acceptors (Lipinski definition) is 3. The molecule has 1 aliphatic rings. The highest BCUT2D eigenvalue weighted by molar-refractivity contribution is 6.04. The van der Waals surface area contributed by atoms with E-state index >= 15 is 0 Å². The molecule has 0 spiro atoms. The van der Waals surface area contributed by atoms with Crippen molar-refractivity contribution in [3.63, 3.8) is 0 Å². The van der Waals surface area contributed by atoms with Gasteiger partial charge >= 0.3 is 0 Å². The zero-order valence-corrected chi connectivity index (χ0v) is 12.6. The van der Waals surface area contributed by atoms with Crippen LogP contribution in [0.2, 0.25) is 0 Å². The average Bonchev–Trinajstić information content (AvgIpc) is 2.53. The third kappa shape index (κ3) is 2.58. The van der Waals surface area contributed by atoms with Crippen LogP contribution in [-0.2, 0) is 4.74 Å². The quantitative estimate of drug-likeness (QED) is 0.799. The van der Waals surface area contributed by atoms with E-state index in [1.54, 1.807) is 13.3 Å². The number of carbonyl (C=O) groups is 1. The number of rotatable bonds is 3. The molecule has 0 aliphatic heterocycles. The molecule has 1 fully saturated rings. The van der Waals surface area contributed by atoms with Crippen molar-refractivity contribution in [1.29, 1.82) is 0 Å². The van der Waals surface area contributed by atoms with E-state index < -0.39 is 5.60 Å². The van der Waals surface area contributed by atoms with Gasteiger partial charge in [0.2, 0.25) is 0 Å². The summed E-state index contributed by atoms with van der Waals surface area (Å²) < 4.78 is 5.71. The highest BCUT2D eigenvalue weighted by Gasteiger charge is 2.42. The Morgan fingerprint density at radius 2 is 2.24 bits per heavy atom. The number of benzene rings is 1. The number of ketones is 1. The Bertz CT molecular complexity index is 667. The molecule has 3 rings (SSSR count). The van der Waals surface area contributed by atoms with Crippen LogP contribution in [-0.4, -0.2) is 23.5 Å². The fraction of sp³-hybridized carbons (Fsp3) is 0.444. The third-order valence-corrected chi connectivity index (χ3v) is 4.63. The summed E-state index contributed by atoms with van der Waals surface area (Å²) in [5.41, 5.74) is 0.997. The molecule has 2 aromatic rings. The van der Waals surface area contributed by atoms with E-state index in [9.17, 15) is 4.79 Å². The van der Waals surface area contributed by atoms with E-state index in [1.807, 2.05) is 30.3 Å². The highest BCUT2D eigenvalue weighted by Crippen LogP contribution is 2.37. The van der Waals surface area contributed by atoms with Crippen LogP contribution in [0.1, 0.15) is 43.0 Å². The number of ether oxygens (including phenoxy) is 1. The van der Waals surface area contributed by atoms with Gasteiger partial charge in [0.15, 0.2) is 5.78 Å². The molecule has 0 bridgehead atoms. The molecular weight excluding hydrogens is 262 g/mol. The van der Waals surface area contributed by atoms with Gasteiger partial charge in [0.05, 0.1) is 5.52 Å². The second kappa shape index (κ2) is 5.57. The van der Waals surface area contributed by atoms with Crippen LogP contribution >= 0.6 is 0 Å². The number of methoxy groups -OCH3 is 1. The van der Waals surface area contributed by atoms with Crippen molar-refractivity contribution in [3.05, 3.63) is 42.1 Å². The number of carbonyl (C=O) groups excluding carboxylic acids is 1. The van der Waals surface area contributed by atoms with Crippen LogP contribution in [0.15, 0.2) is 36.5 Å². The standard InChI is InChI=1S/C18H21NO2/c1-13-5-3-9-18(12-13,21-2)17(20)15-7-8-16-14(11-15)6-4-10-19-16/h4,6-8,10-11,13H,3,5,9,12H2,1-2H3. The van der Waals surface area contributed by atoms with Crippen molar-refractivity contribution < 1.29 is 9.53 Å². The average molecular weight is 283 g/mol. The zero-order valence-electron chi connectivity index (χ0n) is 12.6. The van der Waals surface area contributed by atoms with E-state index in [2.05, 4.69) is 11.9 Å². The molecule has 1 aromatic heterocycles. The molecule has 1 aliphatic carbocycles. The van der Waals surface area contributed by atoms with Gasteiger partial charge in [-0.3, -0.25) is 9.78 Å². The fourth-order valence-electron chi connectivity index (χ4n) is 3.47. The van der Waals surface area contributed by atoms with E-state index in [-0.39, 0.29) is 5.78 Å². The van der Waals surface area contributed by atoms with Crippen molar-refractivity contribution in [2.24, 2.45) is 5.92 Å². The number of nitrogens with zero attached hydrogens (tertiary/aromatic N) is 1. The molecule has 3 heteroatoms. The van der Waals surface area contributed by atoms with E-state index in [4.69, 9.17) is 4.74 Å². The first-order chi connectivity index (χ1) is 10.1. The van der Waals surface area contributed by atoms with Gasteiger partial charge in [-0.1, -0.05) is 19.4 Å². The lowest BCUT2D eigenvalue weighted by Gasteiger charge is -2.37. The zero-order chi connectivity index (χ0) is 14.9. The van der Waals surface area contributed by atoms with Crippen LogP contribution in [0.5, 0.6) is 0 Å². The number of Topliss-reactive ketones (excluding diaryl/α,β-unsaturated/α-hetero) is 1. The molecular formula is C18H21NO2. The van der Waals surface area contributed by atoms with Crippen LogP contribution in [0, 0.1) is 5.92 Å². The predicted octanol–water partition coefficient (Wildman–Crippen LogP) is 4.01. The molecule has 0 radical (unpaired) electrons. The molecule has 110 valence electrons. The summed E-state index contributed by atoms with van der Waals surface area (Å²) in [7, 11) is 1.67. The normalized spacial score (nSPS) is 25.9. The highest BCUT2D eigenvalue weighted by atomic mass is 16.5. The number of hydrogen-bond donors (Lipinski definition) is 0. The van der Waals surface area contributed by atoms with Gasteiger partial charge in [0.25, 0.3) is 0 Å². The molecule has 0 saturated heterocycles. The molecule has 0 amide bonds. The van der Waals surface area contributed by atoms with Gasteiger partial charge < -0.3 is 4.74 Å². The summed E-state index contributed by atoms with van der Waals surface area (Å²) >= 11 is 0. The number of fused-ring (bicyclic) bond motifs is 1. The number of aromatic nitrogens is 1. The summed E-state index contributed by atoms with van der Waals surface area (Å²) in [4.78, 5) is 17.3. The second-order valence-corrected chi connectivity index (χ2v) is 6.14. The summed E-state index contributed by atoms with van der Waals surface area (Å²) in [5, 5.41) is 0.999. The Morgan fingerprint density at radius 3 is 3.00 bits per heavy atom. The summed E-state index contributed by atoms with van der Waals surface area (Å²) in [6, 6.07) is 9.61. The second-order valence-electron chi connectivity index (χ2n) is 6.14. The van der Waals surface area contributed by atoms with Crippen molar-refractivity contribution in [2.75, 3.05) is 7.11 Å². The summed E-state index contributed by atoms with van der Waals surface area (Å²) in [5.74, 6) is 0.645. The molecule has 3 nitrogen and oxygen atoms in total. The first-order valence-corrected chi connectivity index (χ1v) is 7.59. The van der Waals surface area contributed by atoms with Crippen LogP contribution in [0.3, 0.4) is 0 Å². The molecule has 1 heterocycles. The molecule has 2 atom stereocenters. The Hall–Kier alpha value is -1.74. The number of pyridine rings is 1.